The fraction of sp³-hybridized carbons (Fsp3) is 0.400. The molecule has 6 nitrogen and oxygen atoms in total. The Bertz CT molecular complexity index is 709. The van der Waals surface area contributed by atoms with E-state index in [0.29, 0.717) is 12.4 Å². The average Bonchev–Trinajstić information content (AvgIpc) is 2.77. The monoisotopic (exact) mass is 321 g/mol. The summed E-state index contributed by atoms with van der Waals surface area (Å²) < 4.78 is 4.36. The lowest BCUT2D eigenvalue weighted by Gasteiger charge is -2.22. The lowest BCUT2D eigenvalue weighted by atomic mass is 10.1. The number of imidazole rings is 1. The summed E-state index contributed by atoms with van der Waals surface area (Å²) in [6, 6.07) is 5.79. The second-order valence-corrected chi connectivity index (χ2v) is 7.40. The number of carbonyl (C=O) groups excluding carboxylic acids is 2. The average molecular weight is 321 g/mol. The number of thioether (sulfide) groups is 1. The van der Waals surface area contributed by atoms with Crippen LogP contribution in [0.1, 0.15) is 27.2 Å². The summed E-state index contributed by atoms with van der Waals surface area (Å²) in [4.78, 5) is 30.8. The first-order valence-electron chi connectivity index (χ1n) is 6.82. The van der Waals surface area contributed by atoms with E-state index in [0.717, 1.165) is 15.9 Å². The third-order valence-electron chi connectivity index (χ3n) is 2.93. The number of nitrogens with zero attached hydrogens (tertiary/aromatic N) is 1. The summed E-state index contributed by atoms with van der Waals surface area (Å²) in [6.45, 7) is 5.69. The lowest BCUT2D eigenvalue weighted by Crippen LogP contribution is -2.18. The Hall–Kier alpha value is -2.02. The number of Topliss-reactive ketones (excluding diaryl/α,β-unsaturated/α-hetero) is 1. The van der Waals surface area contributed by atoms with Crippen LogP contribution in [0, 0.1) is 0 Å². The summed E-state index contributed by atoms with van der Waals surface area (Å²) in [7, 11) is 1.30. The van der Waals surface area contributed by atoms with E-state index in [9.17, 15) is 9.59 Å². The van der Waals surface area contributed by atoms with Crippen LogP contribution in [-0.2, 0) is 9.53 Å². The SMILES string of the molecule is COC(=O)Nc1nc2ccc(SC(C)(C)CC(C)=O)cc2[nH]1. The van der Waals surface area contributed by atoms with Crippen molar-refractivity contribution in [2.24, 2.45) is 0 Å². The molecule has 0 radical (unpaired) electrons. The van der Waals surface area contributed by atoms with E-state index in [1.807, 2.05) is 32.0 Å². The predicted octanol–water partition coefficient (Wildman–Crippen LogP) is 3.59. The van der Waals surface area contributed by atoms with Gasteiger partial charge in [0.1, 0.15) is 5.78 Å². The van der Waals surface area contributed by atoms with Crippen molar-refractivity contribution >= 4 is 40.6 Å². The molecule has 0 aliphatic heterocycles. The largest absolute Gasteiger partial charge is 0.453 e. The van der Waals surface area contributed by atoms with Gasteiger partial charge in [0.05, 0.1) is 18.1 Å². The van der Waals surface area contributed by atoms with E-state index in [2.05, 4.69) is 20.0 Å². The van der Waals surface area contributed by atoms with Crippen LogP contribution in [0.4, 0.5) is 10.7 Å². The maximum Gasteiger partial charge on any atom is 0.413 e. The number of amides is 1. The molecule has 0 saturated carbocycles. The third-order valence-corrected chi connectivity index (χ3v) is 4.11. The van der Waals surface area contributed by atoms with E-state index in [4.69, 9.17) is 0 Å². The van der Waals surface area contributed by atoms with Crippen molar-refractivity contribution in [2.75, 3.05) is 12.4 Å². The lowest BCUT2D eigenvalue weighted by molar-refractivity contribution is -0.117. The Morgan fingerprint density at radius 1 is 1.41 bits per heavy atom. The van der Waals surface area contributed by atoms with Gasteiger partial charge in [-0.1, -0.05) is 0 Å². The van der Waals surface area contributed by atoms with Crippen molar-refractivity contribution in [3.05, 3.63) is 18.2 Å². The van der Waals surface area contributed by atoms with Crippen LogP contribution in [0.3, 0.4) is 0 Å². The molecule has 0 bridgehead atoms. The summed E-state index contributed by atoms with van der Waals surface area (Å²) >= 11 is 1.64. The Morgan fingerprint density at radius 3 is 2.77 bits per heavy atom. The van der Waals surface area contributed by atoms with Gasteiger partial charge < -0.3 is 9.72 Å². The maximum absolute atomic E-state index is 11.3. The van der Waals surface area contributed by atoms with Gasteiger partial charge in [0.15, 0.2) is 0 Å². The fourth-order valence-electron chi connectivity index (χ4n) is 2.21. The molecule has 1 heterocycles. The zero-order valence-corrected chi connectivity index (χ0v) is 13.8. The standard InChI is InChI=1S/C15H19N3O3S/c1-9(19)8-15(2,3)22-10-5-6-11-12(7-10)17-13(16-11)18-14(20)21-4/h5-7H,8H2,1-4H3,(H2,16,17,18,20). The predicted molar refractivity (Wildman–Crippen MR) is 87.4 cm³/mol. The van der Waals surface area contributed by atoms with Crippen molar-refractivity contribution in [1.29, 1.82) is 0 Å². The third kappa shape index (κ3) is 4.24. The van der Waals surface area contributed by atoms with Gasteiger partial charge in [0.25, 0.3) is 0 Å². The molecule has 2 N–H and O–H groups in total. The highest BCUT2D eigenvalue weighted by Crippen LogP contribution is 2.36. The van der Waals surface area contributed by atoms with Gasteiger partial charge in [-0.05, 0) is 39.0 Å². The molecule has 1 amide bonds. The van der Waals surface area contributed by atoms with Gasteiger partial charge in [-0.2, -0.15) is 0 Å². The quantitative estimate of drug-likeness (QED) is 0.822. The van der Waals surface area contributed by atoms with Crippen LogP contribution < -0.4 is 5.32 Å². The molecular weight excluding hydrogens is 302 g/mol. The Balaban J connectivity index is 2.19. The van der Waals surface area contributed by atoms with E-state index >= 15 is 0 Å². The summed E-state index contributed by atoms with van der Waals surface area (Å²) in [6.07, 6.45) is -0.0652. The number of aromatic amines is 1. The fourth-order valence-corrected chi connectivity index (χ4v) is 3.44. The number of ketones is 1. The molecule has 22 heavy (non-hydrogen) atoms. The molecule has 1 aromatic carbocycles. The minimum absolute atomic E-state index is 0.171. The number of fused-ring (bicyclic) bond motifs is 1. The highest BCUT2D eigenvalue weighted by molar-refractivity contribution is 8.00. The molecule has 1 aromatic heterocycles. The minimum atomic E-state index is -0.573. The molecule has 2 rings (SSSR count). The number of aromatic nitrogens is 2. The molecular formula is C15H19N3O3S. The number of H-pyrrole nitrogens is 1. The van der Waals surface area contributed by atoms with Gasteiger partial charge in [0, 0.05) is 16.1 Å². The minimum Gasteiger partial charge on any atom is -0.453 e. The first-order chi connectivity index (χ1) is 10.3. The molecule has 0 aliphatic rings. The molecule has 0 aliphatic carbocycles. The number of anilines is 1. The number of hydrogen-bond donors (Lipinski definition) is 2. The highest BCUT2D eigenvalue weighted by atomic mass is 32.2. The molecule has 0 unspecified atom stereocenters. The molecule has 7 heteroatoms. The summed E-state index contributed by atoms with van der Waals surface area (Å²) in [5.41, 5.74) is 1.56. The van der Waals surface area contributed by atoms with E-state index < -0.39 is 6.09 Å². The van der Waals surface area contributed by atoms with Gasteiger partial charge in [-0.3, -0.25) is 10.1 Å². The van der Waals surface area contributed by atoms with Gasteiger partial charge in [-0.25, -0.2) is 9.78 Å². The molecule has 118 valence electrons. The van der Waals surface area contributed by atoms with Crippen LogP contribution >= 0.6 is 11.8 Å². The van der Waals surface area contributed by atoms with E-state index in [1.165, 1.54) is 7.11 Å². The van der Waals surface area contributed by atoms with E-state index in [-0.39, 0.29) is 10.5 Å². The van der Waals surface area contributed by atoms with E-state index in [1.54, 1.807) is 18.7 Å². The second kappa shape index (κ2) is 6.39. The van der Waals surface area contributed by atoms with Crippen LogP contribution in [0.5, 0.6) is 0 Å². The van der Waals surface area contributed by atoms with Crippen molar-refractivity contribution in [2.45, 2.75) is 36.8 Å². The summed E-state index contributed by atoms with van der Waals surface area (Å²) in [5, 5.41) is 2.50. The number of benzene rings is 1. The summed E-state index contributed by atoms with van der Waals surface area (Å²) in [5.74, 6) is 0.511. The molecule has 2 aromatic rings. The maximum atomic E-state index is 11.3. The van der Waals surface area contributed by atoms with Crippen LogP contribution in [0.25, 0.3) is 11.0 Å². The molecule has 0 saturated heterocycles. The zero-order chi connectivity index (χ0) is 16.3. The zero-order valence-electron chi connectivity index (χ0n) is 13.0. The highest BCUT2D eigenvalue weighted by Gasteiger charge is 2.21. The number of nitrogens with one attached hydrogen (secondary N) is 2. The number of hydrogen-bond acceptors (Lipinski definition) is 5. The van der Waals surface area contributed by atoms with Crippen LogP contribution in [-0.4, -0.2) is 33.7 Å². The van der Waals surface area contributed by atoms with Crippen molar-refractivity contribution in [3.8, 4) is 0 Å². The van der Waals surface area contributed by atoms with Crippen LogP contribution in [0.2, 0.25) is 0 Å². The normalized spacial score (nSPS) is 11.5. The number of carbonyl (C=O) groups is 2. The Kier molecular flexibility index (Phi) is 4.75. The van der Waals surface area contributed by atoms with Gasteiger partial charge in [0.2, 0.25) is 5.95 Å². The molecule has 0 atom stereocenters. The number of methoxy groups -OCH3 is 1. The Morgan fingerprint density at radius 2 is 2.14 bits per heavy atom. The molecule has 0 spiro atoms. The van der Waals surface area contributed by atoms with Crippen molar-refractivity contribution in [1.82, 2.24) is 9.97 Å². The molecule has 0 fully saturated rings. The van der Waals surface area contributed by atoms with Crippen LogP contribution in [0.15, 0.2) is 23.1 Å². The van der Waals surface area contributed by atoms with Gasteiger partial charge >= 0.3 is 6.09 Å². The van der Waals surface area contributed by atoms with Crippen molar-refractivity contribution < 1.29 is 14.3 Å². The number of rotatable bonds is 5. The first-order valence-corrected chi connectivity index (χ1v) is 7.64. The second-order valence-electron chi connectivity index (χ2n) is 5.62. The Labute approximate surface area is 133 Å². The first kappa shape index (κ1) is 16.4. The number of ether oxygens (including phenoxy) is 1. The van der Waals surface area contributed by atoms with Gasteiger partial charge in [-0.15, -0.1) is 11.8 Å². The topological polar surface area (TPSA) is 84.1 Å². The van der Waals surface area contributed by atoms with Crippen molar-refractivity contribution in [3.63, 3.8) is 0 Å². The smallest absolute Gasteiger partial charge is 0.413 e.